The molecule has 0 heterocycles. The van der Waals surface area contributed by atoms with Crippen LogP contribution in [-0.4, -0.2) is 25.8 Å². The maximum atomic E-state index is 12.6. The van der Waals surface area contributed by atoms with Crippen LogP contribution in [0, 0.1) is 5.92 Å². The zero-order valence-corrected chi connectivity index (χ0v) is 13.5. The van der Waals surface area contributed by atoms with Crippen LogP contribution in [0.2, 0.25) is 0 Å². The van der Waals surface area contributed by atoms with Crippen LogP contribution in [0.3, 0.4) is 0 Å². The molecule has 20 heavy (non-hydrogen) atoms. The van der Waals surface area contributed by atoms with E-state index in [1.54, 1.807) is 23.5 Å². The first-order valence-corrected chi connectivity index (χ1v) is 8.92. The Balaban J connectivity index is 2.16. The van der Waals surface area contributed by atoms with Gasteiger partial charge in [-0.05, 0) is 42.9 Å². The lowest BCUT2D eigenvalue weighted by Gasteiger charge is -2.23. The van der Waals surface area contributed by atoms with Crippen molar-refractivity contribution in [3.8, 4) is 0 Å². The van der Waals surface area contributed by atoms with E-state index >= 15 is 0 Å². The van der Waals surface area contributed by atoms with Crippen LogP contribution in [0.1, 0.15) is 45.1 Å². The summed E-state index contributed by atoms with van der Waals surface area (Å²) in [5.41, 5.74) is 1.20. The van der Waals surface area contributed by atoms with Crippen molar-refractivity contribution in [2.24, 2.45) is 5.92 Å². The van der Waals surface area contributed by atoms with Crippen LogP contribution in [0.25, 0.3) is 0 Å². The predicted molar refractivity (Wildman–Crippen MR) is 82.2 cm³/mol. The van der Waals surface area contributed by atoms with Gasteiger partial charge in [0, 0.05) is 13.1 Å². The second-order valence-corrected chi connectivity index (χ2v) is 8.20. The molecule has 112 valence electrons. The molecular formula is C16H25NO2S. The fraction of sp³-hybridized carbons (Fsp3) is 0.625. The van der Waals surface area contributed by atoms with Gasteiger partial charge in [-0.2, -0.15) is 4.31 Å². The molecule has 0 bridgehead atoms. The van der Waals surface area contributed by atoms with Gasteiger partial charge in [-0.1, -0.05) is 38.8 Å². The number of benzene rings is 1. The van der Waals surface area contributed by atoms with Crippen molar-refractivity contribution in [2.75, 3.05) is 7.05 Å². The molecule has 1 aromatic carbocycles. The first kappa shape index (κ1) is 15.5. The molecule has 1 aliphatic carbocycles. The number of nitrogens with zero attached hydrogens (tertiary/aromatic N) is 1. The molecule has 0 spiro atoms. The summed E-state index contributed by atoms with van der Waals surface area (Å²) in [7, 11) is -1.62. The monoisotopic (exact) mass is 295 g/mol. The molecule has 0 N–H and O–H groups in total. The van der Waals surface area contributed by atoms with E-state index in [-0.39, 0.29) is 6.04 Å². The van der Waals surface area contributed by atoms with E-state index in [1.807, 2.05) is 12.1 Å². The highest BCUT2D eigenvalue weighted by Gasteiger charge is 2.29. The summed E-state index contributed by atoms with van der Waals surface area (Å²) in [5.74, 6) is 0.582. The van der Waals surface area contributed by atoms with Gasteiger partial charge in [0.1, 0.15) is 0 Å². The molecule has 0 amide bonds. The molecule has 2 rings (SSSR count). The van der Waals surface area contributed by atoms with Crippen molar-refractivity contribution in [3.05, 3.63) is 29.8 Å². The molecular weight excluding hydrogens is 270 g/mol. The molecule has 4 heteroatoms. The Bertz CT molecular complexity index is 528. The highest BCUT2D eigenvalue weighted by molar-refractivity contribution is 7.89. The van der Waals surface area contributed by atoms with Crippen LogP contribution in [0.5, 0.6) is 0 Å². The minimum Gasteiger partial charge on any atom is -0.207 e. The van der Waals surface area contributed by atoms with Crippen molar-refractivity contribution in [2.45, 2.75) is 56.9 Å². The number of rotatable bonds is 5. The Morgan fingerprint density at radius 2 is 1.70 bits per heavy atom. The molecule has 3 nitrogen and oxygen atoms in total. The van der Waals surface area contributed by atoms with E-state index in [4.69, 9.17) is 0 Å². The van der Waals surface area contributed by atoms with Gasteiger partial charge in [0.05, 0.1) is 4.90 Å². The van der Waals surface area contributed by atoms with Gasteiger partial charge in [-0.15, -0.1) is 0 Å². The number of hydrogen-bond donors (Lipinski definition) is 0. The van der Waals surface area contributed by atoms with E-state index in [2.05, 4.69) is 13.8 Å². The molecule has 0 radical (unpaired) electrons. The van der Waals surface area contributed by atoms with Gasteiger partial charge in [-0.25, -0.2) is 8.42 Å². The summed E-state index contributed by atoms with van der Waals surface area (Å²) in [6.45, 7) is 4.33. The first-order valence-electron chi connectivity index (χ1n) is 7.48. The lowest BCUT2D eigenvalue weighted by Crippen LogP contribution is -2.35. The Labute approximate surface area is 123 Å². The minimum atomic E-state index is -3.33. The van der Waals surface area contributed by atoms with Crippen LogP contribution in [0.4, 0.5) is 0 Å². The van der Waals surface area contributed by atoms with Gasteiger partial charge in [0.15, 0.2) is 0 Å². The largest absolute Gasteiger partial charge is 0.243 e. The molecule has 1 fully saturated rings. The SMILES string of the molecule is CC(C)Cc1ccc(S(=O)(=O)N(C)C2CCCC2)cc1. The number of hydrogen-bond acceptors (Lipinski definition) is 2. The van der Waals surface area contributed by atoms with Crippen LogP contribution in [-0.2, 0) is 16.4 Å². The summed E-state index contributed by atoms with van der Waals surface area (Å²) in [4.78, 5) is 0.416. The Morgan fingerprint density at radius 3 is 2.20 bits per heavy atom. The fourth-order valence-electron chi connectivity index (χ4n) is 2.90. The molecule has 0 aliphatic heterocycles. The molecule has 0 aromatic heterocycles. The molecule has 1 aliphatic rings. The fourth-order valence-corrected chi connectivity index (χ4v) is 4.32. The van der Waals surface area contributed by atoms with Crippen molar-refractivity contribution in [1.82, 2.24) is 4.31 Å². The number of sulfonamides is 1. The van der Waals surface area contributed by atoms with Crippen LogP contribution in [0.15, 0.2) is 29.2 Å². The molecule has 1 saturated carbocycles. The maximum absolute atomic E-state index is 12.6. The summed E-state index contributed by atoms with van der Waals surface area (Å²) in [6.07, 6.45) is 5.23. The van der Waals surface area contributed by atoms with Crippen molar-refractivity contribution in [3.63, 3.8) is 0 Å². The highest BCUT2D eigenvalue weighted by Crippen LogP contribution is 2.27. The van der Waals surface area contributed by atoms with Gasteiger partial charge in [0.2, 0.25) is 10.0 Å². The maximum Gasteiger partial charge on any atom is 0.243 e. The molecule has 1 aromatic rings. The average Bonchev–Trinajstić information content (AvgIpc) is 2.91. The molecule has 0 saturated heterocycles. The summed E-state index contributed by atoms with van der Waals surface area (Å²) in [5, 5.41) is 0. The van der Waals surface area contributed by atoms with Crippen molar-refractivity contribution < 1.29 is 8.42 Å². The Hall–Kier alpha value is -0.870. The van der Waals surface area contributed by atoms with Gasteiger partial charge < -0.3 is 0 Å². The predicted octanol–water partition coefficient (Wildman–Crippen LogP) is 3.45. The zero-order chi connectivity index (χ0) is 14.8. The summed E-state index contributed by atoms with van der Waals surface area (Å²) < 4.78 is 26.7. The van der Waals surface area contributed by atoms with E-state index in [0.717, 1.165) is 32.1 Å². The normalized spacial score (nSPS) is 17.2. The lowest BCUT2D eigenvalue weighted by atomic mass is 10.0. The van der Waals surface area contributed by atoms with E-state index in [1.165, 1.54) is 5.56 Å². The Kier molecular flexibility index (Phi) is 4.86. The van der Waals surface area contributed by atoms with Crippen LogP contribution < -0.4 is 0 Å². The molecule has 0 atom stereocenters. The first-order chi connectivity index (χ1) is 9.41. The van der Waals surface area contributed by atoms with E-state index in [0.29, 0.717) is 10.8 Å². The Morgan fingerprint density at radius 1 is 1.15 bits per heavy atom. The standard InChI is InChI=1S/C16H25NO2S/c1-13(2)12-14-8-10-16(11-9-14)20(18,19)17(3)15-6-4-5-7-15/h8-11,13,15H,4-7,12H2,1-3H3. The quantitative estimate of drug-likeness (QED) is 0.834. The van der Waals surface area contributed by atoms with E-state index in [9.17, 15) is 8.42 Å². The lowest BCUT2D eigenvalue weighted by molar-refractivity contribution is 0.373. The van der Waals surface area contributed by atoms with Crippen molar-refractivity contribution in [1.29, 1.82) is 0 Å². The van der Waals surface area contributed by atoms with E-state index < -0.39 is 10.0 Å². The van der Waals surface area contributed by atoms with Crippen LogP contribution >= 0.6 is 0 Å². The topological polar surface area (TPSA) is 37.4 Å². The third-order valence-corrected chi connectivity index (χ3v) is 6.01. The second kappa shape index (κ2) is 6.27. The summed E-state index contributed by atoms with van der Waals surface area (Å²) in [6, 6.07) is 7.55. The van der Waals surface area contributed by atoms with Gasteiger partial charge >= 0.3 is 0 Å². The molecule has 0 unspecified atom stereocenters. The average molecular weight is 295 g/mol. The third-order valence-electron chi connectivity index (χ3n) is 4.08. The smallest absolute Gasteiger partial charge is 0.207 e. The van der Waals surface area contributed by atoms with Gasteiger partial charge in [-0.3, -0.25) is 0 Å². The minimum absolute atomic E-state index is 0.176. The van der Waals surface area contributed by atoms with Gasteiger partial charge in [0.25, 0.3) is 0 Å². The zero-order valence-electron chi connectivity index (χ0n) is 12.7. The third kappa shape index (κ3) is 3.41. The summed E-state index contributed by atoms with van der Waals surface area (Å²) >= 11 is 0. The highest BCUT2D eigenvalue weighted by atomic mass is 32.2. The van der Waals surface area contributed by atoms with Crippen molar-refractivity contribution >= 4 is 10.0 Å². The second-order valence-electron chi connectivity index (χ2n) is 6.20.